The molecule has 0 saturated carbocycles. The van der Waals surface area contributed by atoms with Crippen molar-refractivity contribution in [1.82, 2.24) is 14.8 Å². The molecule has 0 saturated heterocycles. The van der Waals surface area contributed by atoms with Crippen LogP contribution in [0.2, 0.25) is 5.02 Å². The van der Waals surface area contributed by atoms with Crippen molar-refractivity contribution in [2.75, 3.05) is 20.8 Å². The fourth-order valence-electron chi connectivity index (χ4n) is 3.67. The van der Waals surface area contributed by atoms with Crippen molar-refractivity contribution in [3.05, 3.63) is 98.8 Å². The van der Waals surface area contributed by atoms with Gasteiger partial charge in [0.15, 0.2) is 16.7 Å². The molecule has 3 aromatic carbocycles. The van der Waals surface area contributed by atoms with Crippen LogP contribution in [0.25, 0.3) is 5.69 Å². The van der Waals surface area contributed by atoms with E-state index in [9.17, 15) is 10.1 Å². The summed E-state index contributed by atoms with van der Waals surface area (Å²) in [5.41, 5.74) is 2.49. The van der Waals surface area contributed by atoms with E-state index in [1.54, 1.807) is 31.4 Å². The molecule has 4 rings (SSSR count). The van der Waals surface area contributed by atoms with Gasteiger partial charge in [-0.2, -0.15) is 0 Å². The molecule has 0 aliphatic carbocycles. The zero-order valence-corrected chi connectivity index (χ0v) is 22.0. The van der Waals surface area contributed by atoms with Crippen LogP contribution < -0.4 is 14.2 Å². The van der Waals surface area contributed by atoms with E-state index in [-0.39, 0.29) is 11.5 Å². The summed E-state index contributed by atoms with van der Waals surface area (Å²) in [6.45, 7) is 1.84. The van der Waals surface area contributed by atoms with Crippen LogP contribution in [-0.2, 0) is 6.61 Å². The molecule has 0 bridgehead atoms. The van der Waals surface area contributed by atoms with Crippen LogP contribution in [0.15, 0.2) is 71.9 Å². The number of nitrogens with zero attached hydrogens (tertiary/aromatic N) is 4. The zero-order valence-electron chi connectivity index (χ0n) is 20.5. The second-order valence-electron chi connectivity index (χ2n) is 8.01. The maximum Gasteiger partial charge on any atom is 0.220 e. The predicted octanol–water partition coefficient (Wildman–Crippen LogP) is 5.94. The Balaban J connectivity index is 1.59. The van der Waals surface area contributed by atoms with Crippen LogP contribution in [0, 0.1) is 17.0 Å². The van der Waals surface area contributed by atoms with Gasteiger partial charge in [-0.05, 0) is 66.6 Å². The maximum atomic E-state index is 11.6. The van der Waals surface area contributed by atoms with Gasteiger partial charge in [0.25, 0.3) is 0 Å². The second kappa shape index (κ2) is 12.0. The summed E-state index contributed by atoms with van der Waals surface area (Å²) in [5.74, 6) is 2.40. The number of thioether (sulfide) groups is 1. The number of aromatic nitrogens is 3. The molecule has 1 atom stereocenters. The van der Waals surface area contributed by atoms with Crippen molar-refractivity contribution in [3.63, 3.8) is 0 Å². The highest BCUT2D eigenvalue weighted by molar-refractivity contribution is 7.99. The van der Waals surface area contributed by atoms with Crippen molar-refractivity contribution in [1.29, 1.82) is 0 Å². The van der Waals surface area contributed by atoms with E-state index in [2.05, 4.69) is 10.2 Å². The first kappa shape index (κ1) is 26.3. The van der Waals surface area contributed by atoms with Crippen LogP contribution in [-0.4, -0.2) is 40.5 Å². The standard InChI is InChI=1S/C26H25ClN4O5S/c1-17-28-29-26(31(17)21-9-11-22(34-2)12-10-21)37-25(15-30(32)33)19-6-13-23(24(14-19)35-3)36-16-18-4-7-20(27)8-5-18/h4-14,25H,15-16H2,1-3H3/t25-/m0/s1. The van der Waals surface area contributed by atoms with Crippen molar-refractivity contribution < 1.29 is 19.1 Å². The number of methoxy groups -OCH3 is 2. The van der Waals surface area contributed by atoms with Crippen LogP contribution in [0.3, 0.4) is 0 Å². The van der Waals surface area contributed by atoms with Gasteiger partial charge < -0.3 is 14.2 Å². The van der Waals surface area contributed by atoms with Crippen molar-refractivity contribution in [2.45, 2.75) is 23.9 Å². The monoisotopic (exact) mass is 540 g/mol. The quantitative estimate of drug-likeness (QED) is 0.131. The number of ether oxygens (including phenoxy) is 3. The van der Waals surface area contributed by atoms with Crippen LogP contribution in [0.5, 0.6) is 17.2 Å². The van der Waals surface area contributed by atoms with Gasteiger partial charge in [-0.1, -0.05) is 41.6 Å². The smallest absolute Gasteiger partial charge is 0.220 e. The van der Waals surface area contributed by atoms with E-state index in [1.165, 1.54) is 18.9 Å². The fourth-order valence-corrected chi connectivity index (χ4v) is 4.96. The van der Waals surface area contributed by atoms with Gasteiger partial charge in [-0.25, -0.2) is 0 Å². The van der Waals surface area contributed by atoms with Crippen molar-refractivity contribution >= 4 is 23.4 Å². The van der Waals surface area contributed by atoms with E-state index in [0.717, 1.165) is 17.0 Å². The molecule has 9 nitrogen and oxygen atoms in total. The summed E-state index contributed by atoms with van der Waals surface area (Å²) in [6, 6.07) is 20.1. The minimum atomic E-state index is -0.546. The number of hydrogen-bond acceptors (Lipinski definition) is 8. The van der Waals surface area contributed by atoms with Gasteiger partial charge in [0.1, 0.15) is 23.4 Å². The van der Waals surface area contributed by atoms with Gasteiger partial charge in [-0.3, -0.25) is 14.7 Å². The minimum Gasteiger partial charge on any atom is -0.497 e. The van der Waals surface area contributed by atoms with Crippen LogP contribution in [0.4, 0.5) is 0 Å². The SMILES string of the molecule is COc1ccc(-n2c(C)nnc2S[C@@H](C[N+](=O)[O-])c2ccc(OCc3ccc(Cl)cc3)c(OC)c2)cc1. The number of hydrogen-bond donors (Lipinski definition) is 0. The molecule has 0 N–H and O–H groups in total. The molecule has 0 radical (unpaired) electrons. The summed E-state index contributed by atoms with van der Waals surface area (Å²) < 4.78 is 18.6. The molecule has 37 heavy (non-hydrogen) atoms. The number of rotatable bonds is 11. The lowest BCUT2D eigenvalue weighted by Gasteiger charge is -2.17. The highest BCUT2D eigenvalue weighted by atomic mass is 35.5. The summed E-state index contributed by atoms with van der Waals surface area (Å²) in [4.78, 5) is 11.2. The number of aryl methyl sites for hydroxylation is 1. The molecule has 0 unspecified atom stereocenters. The van der Waals surface area contributed by atoms with E-state index in [0.29, 0.717) is 39.7 Å². The largest absolute Gasteiger partial charge is 0.497 e. The first-order valence-corrected chi connectivity index (χ1v) is 12.5. The molecule has 4 aromatic rings. The lowest BCUT2D eigenvalue weighted by molar-refractivity contribution is -0.479. The average Bonchev–Trinajstić information content (AvgIpc) is 3.27. The van der Waals surface area contributed by atoms with E-state index < -0.39 is 5.25 Å². The summed E-state index contributed by atoms with van der Waals surface area (Å²) in [6.07, 6.45) is 0. The molecule has 0 aliphatic rings. The first-order chi connectivity index (χ1) is 17.9. The highest BCUT2D eigenvalue weighted by Crippen LogP contribution is 2.39. The molecule has 0 spiro atoms. The Kier molecular flexibility index (Phi) is 8.52. The molecule has 11 heteroatoms. The average molecular weight is 541 g/mol. The summed E-state index contributed by atoms with van der Waals surface area (Å²) >= 11 is 7.22. The fraction of sp³-hybridized carbons (Fsp3) is 0.231. The lowest BCUT2D eigenvalue weighted by atomic mass is 10.1. The lowest BCUT2D eigenvalue weighted by Crippen LogP contribution is -2.11. The highest BCUT2D eigenvalue weighted by Gasteiger charge is 2.25. The predicted molar refractivity (Wildman–Crippen MR) is 142 cm³/mol. The Hall–Kier alpha value is -3.76. The molecule has 1 heterocycles. The topological polar surface area (TPSA) is 102 Å². The van der Waals surface area contributed by atoms with Gasteiger partial charge in [0, 0.05) is 15.6 Å². The second-order valence-corrected chi connectivity index (χ2v) is 9.62. The Labute approximate surface area is 223 Å². The minimum absolute atomic E-state index is 0.312. The normalized spacial score (nSPS) is 11.7. The molecular weight excluding hydrogens is 516 g/mol. The molecule has 0 fully saturated rings. The van der Waals surface area contributed by atoms with E-state index in [1.807, 2.05) is 54.0 Å². The Morgan fingerprint density at radius 1 is 1.00 bits per heavy atom. The number of benzene rings is 3. The van der Waals surface area contributed by atoms with E-state index in [4.69, 9.17) is 25.8 Å². The Morgan fingerprint density at radius 3 is 2.38 bits per heavy atom. The Bertz CT molecular complexity index is 1360. The number of nitro groups is 1. The van der Waals surface area contributed by atoms with Crippen molar-refractivity contribution in [2.24, 2.45) is 0 Å². The summed E-state index contributed by atoms with van der Waals surface area (Å²) in [5, 5.41) is 20.7. The van der Waals surface area contributed by atoms with Gasteiger partial charge in [0.2, 0.25) is 6.54 Å². The van der Waals surface area contributed by atoms with Crippen molar-refractivity contribution in [3.8, 4) is 22.9 Å². The summed E-state index contributed by atoms with van der Waals surface area (Å²) in [7, 11) is 3.14. The van der Waals surface area contributed by atoms with Gasteiger partial charge in [-0.15, -0.1) is 10.2 Å². The van der Waals surface area contributed by atoms with Gasteiger partial charge in [0.05, 0.1) is 14.2 Å². The number of halogens is 1. The van der Waals surface area contributed by atoms with Gasteiger partial charge >= 0.3 is 0 Å². The first-order valence-electron chi connectivity index (χ1n) is 11.3. The molecule has 0 amide bonds. The molecule has 192 valence electrons. The molecule has 0 aliphatic heterocycles. The molecular formula is C26H25ClN4O5S. The van der Waals surface area contributed by atoms with Crippen LogP contribution in [0.1, 0.15) is 22.2 Å². The Morgan fingerprint density at radius 2 is 1.73 bits per heavy atom. The third kappa shape index (κ3) is 6.52. The van der Waals surface area contributed by atoms with Crippen LogP contribution >= 0.6 is 23.4 Å². The third-order valence-corrected chi connectivity index (χ3v) is 6.99. The maximum absolute atomic E-state index is 11.6. The van der Waals surface area contributed by atoms with E-state index >= 15 is 0 Å². The third-order valence-electron chi connectivity index (χ3n) is 5.56. The molecule has 1 aromatic heterocycles. The zero-order chi connectivity index (χ0) is 26.4.